The monoisotopic (exact) mass is 279 g/mol. The summed E-state index contributed by atoms with van der Waals surface area (Å²) in [5, 5.41) is 3.28. The lowest BCUT2D eigenvalue weighted by molar-refractivity contribution is 0.124. The van der Waals surface area contributed by atoms with Crippen LogP contribution in [0, 0.1) is 29.1 Å². The van der Waals surface area contributed by atoms with E-state index in [9.17, 15) is 22.0 Å². The first-order chi connectivity index (χ1) is 9.00. The topological polar surface area (TPSA) is 21.6 Å². The second kappa shape index (κ2) is 6.86. The summed E-state index contributed by atoms with van der Waals surface area (Å²) in [5.74, 6) is -10.1. The highest BCUT2D eigenvalue weighted by molar-refractivity contribution is 5.70. The first kappa shape index (κ1) is 15.1. The number of benzene rings is 1. The van der Waals surface area contributed by atoms with Crippen molar-refractivity contribution in [1.29, 1.82) is 0 Å². The summed E-state index contributed by atoms with van der Waals surface area (Å²) < 4.78 is 64.7. The van der Waals surface area contributed by atoms with E-state index in [-0.39, 0.29) is 0 Å². The molecule has 2 nitrogen and oxygen atoms in total. The first-order valence-corrected chi connectivity index (χ1v) is 5.31. The zero-order valence-corrected chi connectivity index (χ0v) is 9.89. The van der Waals surface area contributed by atoms with Gasteiger partial charge < -0.3 is 4.84 Å². The molecule has 0 saturated heterocycles. The molecule has 19 heavy (non-hydrogen) atoms. The predicted octanol–water partition coefficient (Wildman–Crippen LogP) is 3.85. The van der Waals surface area contributed by atoms with Crippen LogP contribution in [0.15, 0.2) is 17.3 Å². The average molecular weight is 279 g/mol. The van der Waals surface area contributed by atoms with Crippen LogP contribution in [0.5, 0.6) is 0 Å². The van der Waals surface area contributed by atoms with Crippen LogP contribution in [-0.4, -0.2) is 6.21 Å². The second-order valence-electron chi connectivity index (χ2n) is 3.41. The molecular formula is C12H10F5NO. The summed E-state index contributed by atoms with van der Waals surface area (Å²) in [5.41, 5.74) is -1.06. The van der Waals surface area contributed by atoms with Gasteiger partial charge in [0.1, 0.15) is 6.61 Å². The van der Waals surface area contributed by atoms with Gasteiger partial charge in [0.25, 0.3) is 0 Å². The molecule has 0 bridgehead atoms. The third kappa shape index (κ3) is 3.52. The molecule has 0 N–H and O–H groups in total. The maximum Gasteiger partial charge on any atom is 0.200 e. The van der Waals surface area contributed by atoms with Gasteiger partial charge in [-0.05, 0) is 12.5 Å². The molecule has 104 valence electrons. The number of nitrogens with zero attached hydrogens (tertiary/aromatic N) is 1. The number of hydrogen-bond donors (Lipinski definition) is 0. The van der Waals surface area contributed by atoms with Crippen molar-refractivity contribution in [2.45, 2.75) is 20.0 Å². The van der Waals surface area contributed by atoms with Gasteiger partial charge in [0.15, 0.2) is 23.3 Å². The molecule has 1 aromatic rings. The maximum atomic E-state index is 13.2. The van der Waals surface area contributed by atoms with Crippen molar-refractivity contribution in [2.24, 2.45) is 5.16 Å². The van der Waals surface area contributed by atoms with E-state index in [1.165, 1.54) is 12.3 Å². The highest BCUT2D eigenvalue weighted by atomic mass is 19.2. The van der Waals surface area contributed by atoms with Crippen molar-refractivity contribution >= 4 is 6.21 Å². The molecule has 1 aromatic carbocycles. The second-order valence-corrected chi connectivity index (χ2v) is 3.41. The largest absolute Gasteiger partial charge is 0.391 e. The molecule has 0 atom stereocenters. The Morgan fingerprint density at radius 3 is 2.00 bits per heavy atom. The van der Waals surface area contributed by atoms with Crippen molar-refractivity contribution < 1.29 is 26.8 Å². The molecule has 1 rings (SSSR count). The number of rotatable bonds is 5. The minimum absolute atomic E-state index is 0.754. The fraction of sp³-hybridized carbons (Fsp3) is 0.250. The summed E-state index contributed by atoms with van der Waals surface area (Å²) in [4.78, 5) is 4.46. The van der Waals surface area contributed by atoms with Crippen LogP contribution < -0.4 is 0 Å². The summed E-state index contributed by atoms with van der Waals surface area (Å²) >= 11 is 0. The smallest absolute Gasteiger partial charge is 0.200 e. The van der Waals surface area contributed by atoms with Crippen LogP contribution in [-0.2, 0) is 11.4 Å². The van der Waals surface area contributed by atoms with Gasteiger partial charge in [0, 0.05) is 0 Å². The van der Waals surface area contributed by atoms with Crippen molar-refractivity contribution in [2.75, 3.05) is 0 Å². The van der Waals surface area contributed by atoms with E-state index in [0.29, 0.717) is 0 Å². The Bertz CT molecular complexity index is 484. The van der Waals surface area contributed by atoms with Crippen molar-refractivity contribution in [3.8, 4) is 0 Å². The number of allylic oxidation sites excluding steroid dienone is 2. The van der Waals surface area contributed by atoms with Gasteiger partial charge in [-0.1, -0.05) is 18.2 Å². The van der Waals surface area contributed by atoms with Gasteiger partial charge in [0.2, 0.25) is 5.82 Å². The molecule has 0 radical (unpaired) electrons. The molecule has 0 unspecified atom stereocenters. The molecule has 0 amide bonds. The zero-order chi connectivity index (χ0) is 14.4. The molecule has 0 fully saturated rings. The quantitative estimate of drug-likeness (QED) is 0.264. The molecule has 0 aromatic heterocycles. The number of halogens is 5. The van der Waals surface area contributed by atoms with Crippen LogP contribution >= 0.6 is 0 Å². The van der Waals surface area contributed by atoms with E-state index >= 15 is 0 Å². The van der Waals surface area contributed by atoms with Gasteiger partial charge in [-0.3, -0.25) is 0 Å². The zero-order valence-electron chi connectivity index (χ0n) is 9.89. The highest BCUT2D eigenvalue weighted by Crippen LogP contribution is 2.23. The lowest BCUT2D eigenvalue weighted by atomic mass is 10.2. The fourth-order valence-electron chi connectivity index (χ4n) is 1.15. The van der Waals surface area contributed by atoms with Crippen molar-refractivity contribution in [3.05, 3.63) is 46.8 Å². The van der Waals surface area contributed by atoms with E-state index in [1.807, 2.05) is 6.92 Å². The van der Waals surface area contributed by atoms with Crippen LogP contribution in [0.25, 0.3) is 0 Å². The Balaban J connectivity index is 2.85. The summed E-state index contributed by atoms with van der Waals surface area (Å²) in [6.45, 7) is 1.02. The van der Waals surface area contributed by atoms with Crippen LogP contribution in [0.4, 0.5) is 22.0 Å². The molecule has 0 heterocycles. The summed E-state index contributed by atoms with van der Waals surface area (Å²) in [6, 6.07) is 0. The first-order valence-electron chi connectivity index (χ1n) is 5.31. The third-order valence-electron chi connectivity index (χ3n) is 2.10. The van der Waals surface area contributed by atoms with Crippen molar-refractivity contribution in [3.63, 3.8) is 0 Å². The normalized spacial score (nSPS) is 11.7. The number of hydrogen-bond acceptors (Lipinski definition) is 2. The van der Waals surface area contributed by atoms with Gasteiger partial charge in [-0.2, -0.15) is 0 Å². The van der Waals surface area contributed by atoms with Crippen molar-refractivity contribution in [1.82, 2.24) is 0 Å². The van der Waals surface area contributed by atoms with Crippen LogP contribution in [0.3, 0.4) is 0 Å². The van der Waals surface area contributed by atoms with E-state index in [2.05, 4.69) is 9.99 Å². The van der Waals surface area contributed by atoms with Gasteiger partial charge in [-0.25, -0.2) is 22.0 Å². The molecule has 7 heteroatoms. The van der Waals surface area contributed by atoms with Gasteiger partial charge in [-0.15, -0.1) is 0 Å². The Hall–Kier alpha value is -1.92. The molecule has 0 aliphatic heterocycles. The number of oxime groups is 1. The SMILES string of the molecule is CC/C=C/C=N/OCc1c(F)c(F)c(F)c(F)c1F. The Morgan fingerprint density at radius 2 is 1.47 bits per heavy atom. The van der Waals surface area contributed by atoms with E-state index in [0.717, 1.165) is 6.42 Å². The Kier molecular flexibility index (Phi) is 5.47. The molecule has 0 spiro atoms. The lowest BCUT2D eigenvalue weighted by Crippen LogP contribution is -2.07. The highest BCUT2D eigenvalue weighted by Gasteiger charge is 2.25. The molecule has 0 saturated carbocycles. The summed E-state index contributed by atoms with van der Waals surface area (Å²) in [7, 11) is 0. The molecule has 0 aliphatic rings. The van der Waals surface area contributed by atoms with E-state index in [4.69, 9.17) is 0 Å². The minimum Gasteiger partial charge on any atom is -0.391 e. The standard InChI is InChI=1S/C12H10F5NO/c1-2-3-4-5-18-19-6-7-8(13)10(15)12(17)11(16)9(7)14/h3-5H,2,6H2,1H3/b4-3+,18-5+. The molecular weight excluding hydrogens is 269 g/mol. The molecule has 0 aliphatic carbocycles. The third-order valence-corrected chi connectivity index (χ3v) is 2.10. The lowest BCUT2D eigenvalue weighted by Gasteiger charge is -2.06. The van der Waals surface area contributed by atoms with E-state index in [1.54, 1.807) is 6.08 Å². The minimum atomic E-state index is -2.20. The van der Waals surface area contributed by atoms with E-state index < -0.39 is 41.3 Å². The average Bonchev–Trinajstić information content (AvgIpc) is 2.41. The fourth-order valence-corrected chi connectivity index (χ4v) is 1.15. The maximum absolute atomic E-state index is 13.2. The van der Waals surface area contributed by atoms with Gasteiger partial charge >= 0.3 is 0 Å². The van der Waals surface area contributed by atoms with Crippen LogP contribution in [0.2, 0.25) is 0 Å². The Morgan fingerprint density at radius 1 is 0.947 bits per heavy atom. The Labute approximate surface area is 106 Å². The van der Waals surface area contributed by atoms with Crippen LogP contribution in [0.1, 0.15) is 18.9 Å². The summed E-state index contributed by atoms with van der Waals surface area (Å²) in [6.07, 6.45) is 5.18. The van der Waals surface area contributed by atoms with Gasteiger partial charge in [0.05, 0.1) is 11.8 Å². The predicted molar refractivity (Wildman–Crippen MR) is 58.9 cm³/mol.